The number of thiophene rings is 1. The summed E-state index contributed by atoms with van der Waals surface area (Å²) < 4.78 is 8.00. The van der Waals surface area contributed by atoms with E-state index in [1.54, 1.807) is 6.08 Å². The number of amides is 1. The van der Waals surface area contributed by atoms with Crippen LogP contribution >= 0.6 is 11.3 Å². The van der Waals surface area contributed by atoms with Crippen LogP contribution in [-0.2, 0) is 24.2 Å². The van der Waals surface area contributed by atoms with Gasteiger partial charge in [0.1, 0.15) is 35.1 Å². The molecule has 0 fully saturated rings. The second kappa shape index (κ2) is 11.4. The molecule has 1 aliphatic rings. The molecule has 0 aliphatic heterocycles. The zero-order valence-corrected chi connectivity index (χ0v) is 22.8. The van der Waals surface area contributed by atoms with Crippen molar-refractivity contribution >= 4 is 28.3 Å². The maximum absolute atomic E-state index is 13.1. The standard InChI is InChI=1S/C32H28N4O2S/c1-21-16-24(17-25(18-33)31(37)35-32-29(19-34)28-10-6-7-11-30(28)39-32)22(2)36(21)26-12-14-27(15-13-26)38-20-23-8-4-3-5-9-23/h3-5,8-9,12-17H,6-7,10-11,20H2,1-2H3,(H,35,37)/b25-17+. The second-order valence-corrected chi connectivity index (χ2v) is 10.7. The smallest absolute Gasteiger partial charge is 0.266 e. The molecule has 2 heterocycles. The Kier molecular flexibility index (Phi) is 7.63. The minimum atomic E-state index is -0.502. The summed E-state index contributed by atoms with van der Waals surface area (Å²) in [4.78, 5) is 14.2. The first-order chi connectivity index (χ1) is 19.0. The Labute approximate surface area is 232 Å². The first-order valence-electron chi connectivity index (χ1n) is 12.9. The van der Waals surface area contributed by atoms with Crippen LogP contribution in [-0.4, -0.2) is 10.5 Å². The van der Waals surface area contributed by atoms with Gasteiger partial charge in [0.15, 0.2) is 0 Å². The Morgan fingerprint density at radius 2 is 1.82 bits per heavy atom. The van der Waals surface area contributed by atoms with Gasteiger partial charge in [-0.15, -0.1) is 11.3 Å². The van der Waals surface area contributed by atoms with Crippen LogP contribution in [0.2, 0.25) is 0 Å². The fourth-order valence-corrected chi connectivity index (χ4v) is 6.24. The van der Waals surface area contributed by atoms with Crippen molar-refractivity contribution in [2.75, 3.05) is 5.32 Å². The molecule has 0 radical (unpaired) electrons. The Bertz CT molecular complexity index is 1630. The first kappa shape index (κ1) is 26.0. The molecule has 194 valence electrons. The highest BCUT2D eigenvalue weighted by Gasteiger charge is 2.23. The number of hydrogen-bond donors (Lipinski definition) is 1. The highest BCUT2D eigenvalue weighted by atomic mass is 32.1. The van der Waals surface area contributed by atoms with E-state index in [2.05, 4.69) is 16.0 Å². The van der Waals surface area contributed by atoms with Crippen LogP contribution in [0.15, 0.2) is 66.2 Å². The molecule has 2 aromatic heterocycles. The van der Waals surface area contributed by atoms with E-state index < -0.39 is 5.91 Å². The molecule has 39 heavy (non-hydrogen) atoms. The van der Waals surface area contributed by atoms with E-state index in [0.717, 1.165) is 70.1 Å². The van der Waals surface area contributed by atoms with Crippen molar-refractivity contribution in [1.82, 2.24) is 4.57 Å². The van der Waals surface area contributed by atoms with Crippen LogP contribution in [0.4, 0.5) is 5.00 Å². The highest BCUT2D eigenvalue weighted by Crippen LogP contribution is 2.38. The molecule has 2 aromatic carbocycles. The molecule has 1 amide bonds. The molecule has 0 unspecified atom stereocenters. The summed E-state index contributed by atoms with van der Waals surface area (Å²) >= 11 is 1.45. The quantitative estimate of drug-likeness (QED) is 0.204. The second-order valence-electron chi connectivity index (χ2n) is 9.58. The Morgan fingerprint density at radius 3 is 2.54 bits per heavy atom. The van der Waals surface area contributed by atoms with Crippen molar-refractivity contribution < 1.29 is 9.53 Å². The van der Waals surface area contributed by atoms with Crippen molar-refractivity contribution in [3.05, 3.63) is 105 Å². The molecular formula is C32H28N4O2S. The summed E-state index contributed by atoms with van der Waals surface area (Å²) in [6.07, 6.45) is 5.54. The van der Waals surface area contributed by atoms with E-state index >= 15 is 0 Å². The van der Waals surface area contributed by atoms with Crippen LogP contribution in [0.3, 0.4) is 0 Å². The summed E-state index contributed by atoms with van der Waals surface area (Å²) in [5.74, 6) is 0.276. The van der Waals surface area contributed by atoms with Crippen LogP contribution in [0.25, 0.3) is 11.8 Å². The monoisotopic (exact) mass is 532 g/mol. The van der Waals surface area contributed by atoms with Crippen LogP contribution in [0, 0.1) is 36.5 Å². The molecule has 0 atom stereocenters. The van der Waals surface area contributed by atoms with Gasteiger partial charge < -0.3 is 14.6 Å². The van der Waals surface area contributed by atoms with Gasteiger partial charge in [0.2, 0.25) is 0 Å². The molecule has 7 heteroatoms. The van der Waals surface area contributed by atoms with Gasteiger partial charge in [0, 0.05) is 22.0 Å². The number of nitriles is 2. The van der Waals surface area contributed by atoms with Gasteiger partial charge in [-0.1, -0.05) is 30.3 Å². The SMILES string of the molecule is Cc1cc(/C=C(\C#N)C(=O)Nc2sc3c(c2C#N)CCCC3)c(C)n1-c1ccc(OCc2ccccc2)cc1. The van der Waals surface area contributed by atoms with Gasteiger partial charge in [-0.3, -0.25) is 4.79 Å². The number of rotatable bonds is 7. The third-order valence-corrected chi connectivity index (χ3v) is 8.20. The third kappa shape index (κ3) is 5.50. The average Bonchev–Trinajstić information content (AvgIpc) is 3.45. The Morgan fingerprint density at radius 1 is 1.08 bits per heavy atom. The number of carbonyl (C=O) groups excluding carboxylic acids is 1. The average molecular weight is 533 g/mol. The number of aromatic nitrogens is 1. The number of aryl methyl sites for hydroxylation is 2. The topological polar surface area (TPSA) is 90.8 Å². The minimum absolute atomic E-state index is 0.00447. The summed E-state index contributed by atoms with van der Waals surface area (Å²) in [6.45, 7) is 4.46. The predicted molar refractivity (Wildman–Crippen MR) is 154 cm³/mol. The summed E-state index contributed by atoms with van der Waals surface area (Å²) in [6, 6.07) is 24.2. The lowest BCUT2D eigenvalue weighted by molar-refractivity contribution is -0.112. The molecule has 0 spiro atoms. The minimum Gasteiger partial charge on any atom is -0.489 e. The zero-order chi connectivity index (χ0) is 27.4. The maximum atomic E-state index is 13.1. The number of ether oxygens (including phenoxy) is 1. The van der Waals surface area contributed by atoms with Gasteiger partial charge >= 0.3 is 0 Å². The number of hydrogen-bond acceptors (Lipinski definition) is 5. The molecule has 6 nitrogen and oxygen atoms in total. The highest BCUT2D eigenvalue weighted by molar-refractivity contribution is 7.16. The van der Waals surface area contributed by atoms with E-state index in [4.69, 9.17) is 4.74 Å². The fraction of sp³-hybridized carbons (Fsp3) is 0.219. The molecule has 1 aliphatic carbocycles. The Hall–Kier alpha value is -4.59. The van der Waals surface area contributed by atoms with Crippen LogP contribution < -0.4 is 10.1 Å². The molecule has 0 saturated carbocycles. The predicted octanol–water partition coefficient (Wildman–Crippen LogP) is 7.03. The van der Waals surface area contributed by atoms with E-state index in [-0.39, 0.29) is 5.57 Å². The van der Waals surface area contributed by atoms with Gasteiger partial charge in [0.05, 0.1) is 5.56 Å². The van der Waals surface area contributed by atoms with E-state index in [1.165, 1.54) is 11.3 Å². The first-order valence-corrected chi connectivity index (χ1v) is 13.7. The lowest BCUT2D eigenvalue weighted by Crippen LogP contribution is -2.13. The largest absolute Gasteiger partial charge is 0.489 e. The van der Waals surface area contributed by atoms with E-state index in [1.807, 2.05) is 80.6 Å². The van der Waals surface area contributed by atoms with Gasteiger partial charge in [0.25, 0.3) is 5.91 Å². The number of fused-ring (bicyclic) bond motifs is 1. The lowest BCUT2D eigenvalue weighted by atomic mass is 9.96. The molecule has 1 N–H and O–H groups in total. The number of carbonyl (C=O) groups is 1. The molecule has 4 aromatic rings. The maximum Gasteiger partial charge on any atom is 0.266 e. The van der Waals surface area contributed by atoms with Crippen molar-refractivity contribution in [3.8, 4) is 23.6 Å². The molecule has 0 bridgehead atoms. The van der Waals surface area contributed by atoms with Crippen molar-refractivity contribution in [2.24, 2.45) is 0 Å². The van der Waals surface area contributed by atoms with Crippen molar-refractivity contribution in [3.63, 3.8) is 0 Å². The number of nitrogens with zero attached hydrogens (tertiary/aromatic N) is 3. The van der Waals surface area contributed by atoms with Gasteiger partial charge in [-0.2, -0.15) is 10.5 Å². The van der Waals surface area contributed by atoms with Gasteiger partial charge in [-0.25, -0.2) is 0 Å². The lowest BCUT2D eigenvalue weighted by Gasteiger charge is -2.11. The normalized spacial score (nSPS) is 12.8. The van der Waals surface area contributed by atoms with Gasteiger partial charge in [-0.05, 0) is 92.6 Å². The van der Waals surface area contributed by atoms with Crippen LogP contribution in [0.1, 0.15) is 51.4 Å². The van der Waals surface area contributed by atoms with Crippen LogP contribution in [0.5, 0.6) is 5.75 Å². The summed E-state index contributed by atoms with van der Waals surface area (Å²) in [5.41, 5.74) is 6.32. The third-order valence-electron chi connectivity index (χ3n) is 6.99. The fourth-order valence-electron chi connectivity index (χ4n) is 5.01. The van der Waals surface area contributed by atoms with E-state index in [0.29, 0.717) is 17.2 Å². The molecular weight excluding hydrogens is 504 g/mol. The number of benzene rings is 2. The van der Waals surface area contributed by atoms with Crippen molar-refractivity contribution in [1.29, 1.82) is 10.5 Å². The number of anilines is 1. The molecule has 0 saturated heterocycles. The zero-order valence-electron chi connectivity index (χ0n) is 22.0. The summed E-state index contributed by atoms with van der Waals surface area (Å²) in [7, 11) is 0. The van der Waals surface area contributed by atoms with Crippen molar-refractivity contribution in [2.45, 2.75) is 46.1 Å². The Balaban J connectivity index is 1.34. The number of nitrogens with one attached hydrogen (secondary N) is 1. The molecule has 5 rings (SSSR count). The summed E-state index contributed by atoms with van der Waals surface area (Å²) in [5, 5.41) is 22.9. The van der Waals surface area contributed by atoms with E-state index in [9.17, 15) is 15.3 Å².